The molecule has 1 rings (SSSR count). The van der Waals surface area contributed by atoms with Crippen LogP contribution in [-0.2, 0) is 14.8 Å². The normalized spacial score (nSPS) is 12.9. The molecule has 8 heteroatoms. The van der Waals surface area contributed by atoms with Gasteiger partial charge in [0.2, 0.25) is 15.9 Å². The van der Waals surface area contributed by atoms with Gasteiger partial charge in [-0.1, -0.05) is 19.9 Å². The molecular formula is C16H26N2O5S. The van der Waals surface area contributed by atoms with E-state index in [1.165, 1.54) is 14.0 Å². The first-order valence-corrected chi connectivity index (χ1v) is 9.30. The van der Waals surface area contributed by atoms with Crippen LogP contribution in [-0.4, -0.2) is 45.7 Å². The standard InChI is InChI=1S/C16H26N2O5S/c1-11(2)13-6-7-14(23-4)15(10-13)24(21,22)18-12(3)16(20)17-8-5-9-19/h6-7,10-12,18-19H,5,8-9H2,1-4H3,(H,17,20). The van der Waals surface area contributed by atoms with E-state index in [1.54, 1.807) is 12.1 Å². The summed E-state index contributed by atoms with van der Waals surface area (Å²) in [4.78, 5) is 11.9. The second kappa shape index (κ2) is 9.00. The first-order valence-electron chi connectivity index (χ1n) is 7.81. The van der Waals surface area contributed by atoms with Crippen LogP contribution in [0.2, 0.25) is 0 Å². The van der Waals surface area contributed by atoms with Crippen molar-refractivity contribution in [3.05, 3.63) is 23.8 Å². The number of hydrogen-bond acceptors (Lipinski definition) is 5. The van der Waals surface area contributed by atoms with E-state index in [0.717, 1.165) is 5.56 Å². The van der Waals surface area contributed by atoms with E-state index in [9.17, 15) is 13.2 Å². The van der Waals surface area contributed by atoms with Crippen LogP contribution in [0.1, 0.15) is 38.7 Å². The van der Waals surface area contributed by atoms with Crippen LogP contribution in [0.3, 0.4) is 0 Å². The van der Waals surface area contributed by atoms with Crippen molar-refractivity contribution in [2.75, 3.05) is 20.3 Å². The molecule has 0 heterocycles. The number of aliphatic hydroxyl groups excluding tert-OH is 1. The van der Waals surface area contributed by atoms with Gasteiger partial charge in [0.15, 0.2) is 0 Å². The largest absolute Gasteiger partial charge is 0.495 e. The molecule has 0 aromatic heterocycles. The lowest BCUT2D eigenvalue weighted by atomic mass is 10.0. The number of hydrogen-bond donors (Lipinski definition) is 3. The van der Waals surface area contributed by atoms with Crippen molar-refractivity contribution in [1.82, 2.24) is 10.0 Å². The fourth-order valence-electron chi connectivity index (χ4n) is 2.06. The van der Waals surface area contributed by atoms with E-state index in [2.05, 4.69) is 10.0 Å². The van der Waals surface area contributed by atoms with Crippen LogP contribution in [0.4, 0.5) is 0 Å². The Balaban J connectivity index is 2.99. The lowest BCUT2D eigenvalue weighted by Crippen LogP contribution is -2.45. The van der Waals surface area contributed by atoms with Gasteiger partial charge in [0.25, 0.3) is 0 Å². The van der Waals surface area contributed by atoms with Gasteiger partial charge in [-0.05, 0) is 37.0 Å². The van der Waals surface area contributed by atoms with E-state index in [4.69, 9.17) is 9.84 Å². The van der Waals surface area contributed by atoms with Crippen LogP contribution in [0, 0.1) is 0 Å². The highest BCUT2D eigenvalue weighted by atomic mass is 32.2. The smallest absolute Gasteiger partial charge is 0.244 e. The van der Waals surface area contributed by atoms with E-state index < -0.39 is 22.0 Å². The summed E-state index contributed by atoms with van der Waals surface area (Å²) in [5, 5.41) is 11.3. The number of amides is 1. The number of ether oxygens (including phenoxy) is 1. The number of rotatable bonds is 9. The average Bonchev–Trinajstić information content (AvgIpc) is 2.53. The fraction of sp³-hybridized carbons (Fsp3) is 0.562. The Morgan fingerprint density at radius 3 is 2.50 bits per heavy atom. The Labute approximate surface area is 143 Å². The van der Waals surface area contributed by atoms with Crippen molar-refractivity contribution in [2.24, 2.45) is 0 Å². The molecule has 24 heavy (non-hydrogen) atoms. The van der Waals surface area contributed by atoms with Crippen LogP contribution < -0.4 is 14.8 Å². The first-order chi connectivity index (χ1) is 11.2. The number of carbonyl (C=O) groups excluding carboxylic acids is 1. The summed E-state index contributed by atoms with van der Waals surface area (Å²) in [6, 6.07) is 4.03. The summed E-state index contributed by atoms with van der Waals surface area (Å²) in [6.45, 7) is 5.63. The van der Waals surface area contributed by atoms with Gasteiger partial charge in [-0.25, -0.2) is 8.42 Å². The number of aliphatic hydroxyl groups is 1. The van der Waals surface area contributed by atoms with Gasteiger partial charge < -0.3 is 15.2 Å². The van der Waals surface area contributed by atoms with Crippen LogP contribution in [0.5, 0.6) is 5.75 Å². The molecule has 136 valence electrons. The molecule has 0 fully saturated rings. The van der Waals surface area contributed by atoms with E-state index in [-0.39, 0.29) is 29.7 Å². The highest BCUT2D eigenvalue weighted by Crippen LogP contribution is 2.28. The summed E-state index contributed by atoms with van der Waals surface area (Å²) in [7, 11) is -2.52. The van der Waals surface area contributed by atoms with Crippen molar-refractivity contribution in [1.29, 1.82) is 0 Å². The molecule has 0 saturated carbocycles. The Morgan fingerprint density at radius 1 is 1.29 bits per heavy atom. The minimum absolute atomic E-state index is 0.00575. The monoisotopic (exact) mass is 358 g/mol. The predicted molar refractivity (Wildman–Crippen MR) is 91.6 cm³/mol. The predicted octanol–water partition coefficient (Wildman–Crippen LogP) is 0.984. The van der Waals surface area contributed by atoms with Crippen LogP contribution in [0.25, 0.3) is 0 Å². The van der Waals surface area contributed by atoms with Gasteiger partial charge in [0.1, 0.15) is 10.6 Å². The van der Waals surface area contributed by atoms with Gasteiger partial charge in [0, 0.05) is 13.2 Å². The molecule has 0 aliphatic heterocycles. The first kappa shape index (κ1) is 20.4. The highest BCUT2D eigenvalue weighted by molar-refractivity contribution is 7.89. The zero-order valence-corrected chi connectivity index (χ0v) is 15.3. The van der Waals surface area contributed by atoms with Crippen molar-refractivity contribution in [3.8, 4) is 5.75 Å². The van der Waals surface area contributed by atoms with Crippen LogP contribution >= 0.6 is 0 Å². The molecule has 0 spiro atoms. The molecule has 1 atom stereocenters. The molecule has 3 N–H and O–H groups in total. The molecule has 1 amide bonds. The molecule has 7 nitrogen and oxygen atoms in total. The van der Waals surface area contributed by atoms with Crippen LogP contribution in [0.15, 0.2) is 23.1 Å². The topological polar surface area (TPSA) is 105 Å². The SMILES string of the molecule is COc1ccc(C(C)C)cc1S(=O)(=O)NC(C)C(=O)NCCCO. The Hall–Kier alpha value is -1.64. The minimum atomic E-state index is -3.92. The molecule has 0 bridgehead atoms. The average molecular weight is 358 g/mol. The molecular weight excluding hydrogens is 332 g/mol. The van der Waals surface area contributed by atoms with E-state index in [1.807, 2.05) is 19.9 Å². The minimum Gasteiger partial charge on any atom is -0.495 e. The molecule has 0 aliphatic carbocycles. The maximum Gasteiger partial charge on any atom is 0.244 e. The van der Waals surface area contributed by atoms with Gasteiger partial charge in [-0.15, -0.1) is 0 Å². The van der Waals surface area contributed by atoms with Crippen molar-refractivity contribution in [2.45, 2.75) is 44.0 Å². The summed E-state index contributed by atoms with van der Waals surface area (Å²) < 4.78 is 32.7. The maximum absolute atomic E-state index is 12.6. The number of sulfonamides is 1. The molecule has 1 aromatic rings. The fourth-order valence-corrected chi connectivity index (χ4v) is 3.46. The molecule has 1 aromatic carbocycles. The van der Waals surface area contributed by atoms with Gasteiger partial charge in [-0.2, -0.15) is 4.72 Å². The van der Waals surface area contributed by atoms with Crippen molar-refractivity contribution < 1.29 is 23.1 Å². The Bertz CT molecular complexity index is 658. The molecule has 1 unspecified atom stereocenters. The number of nitrogens with one attached hydrogen (secondary N) is 2. The lowest BCUT2D eigenvalue weighted by molar-refractivity contribution is -0.122. The van der Waals surface area contributed by atoms with Gasteiger partial charge >= 0.3 is 0 Å². The quantitative estimate of drug-likeness (QED) is 0.571. The van der Waals surface area contributed by atoms with Crippen molar-refractivity contribution in [3.63, 3.8) is 0 Å². The lowest BCUT2D eigenvalue weighted by Gasteiger charge is -2.17. The maximum atomic E-state index is 12.6. The third-order valence-corrected chi connectivity index (χ3v) is 5.07. The van der Waals surface area contributed by atoms with E-state index >= 15 is 0 Å². The zero-order chi connectivity index (χ0) is 18.3. The third kappa shape index (κ3) is 5.47. The highest BCUT2D eigenvalue weighted by Gasteiger charge is 2.25. The van der Waals surface area contributed by atoms with E-state index in [0.29, 0.717) is 6.42 Å². The summed E-state index contributed by atoms with van der Waals surface area (Å²) in [5.74, 6) is -0.0742. The second-order valence-electron chi connectivity index (χ2n) is 5.78. The zero-order valence-electron chi connectivity index (χ0n) is 14.5. The Morgan fingerprint density at radius 2 is 1.96 bits per heavy atom. The Kier molecular flexibility index (Phi) is 7.65. The summed E-state index contributed by atoms with van der Waals surface area (Å²) in [6.07, 6.45) is 0.412. The van der Waals surface area contributed by atoms with Gasteiger partial charge in [0.05, 0.1) is 13.2 Å². The number of benzene rings is 1. The summed E-state index contributed by atoms with van der Waals surface area (Å²) in [5.41, 5.74) is 0.858. The number of methoxy groups -OCH3 is 1. The van der Waals surface area contributed by atoms with Crippen molar-refractivity contribution >= 4 is 15.9 Å². The summed E-state index contributed by atoms with van der Waals surface area (Å²) >= 11 is 0. The number of carbonyl (C=O) groups is 1. The molecule has 0 saturated heterocycles. The third-order valence-electron chi connectivity index (χ3n) is 3.50. The van der Waals surface area contributed by atoms with Gasteiger partial charge in [-0.3, -0.25) is 4.79 Å². The molecule has 0 radical (unpaired) electrons. The molecule has 0 aliphatic rings. The second-order valence-corrected chi connectivity index (χ2v) is 7.46.